The smallest absolute Gasteiger partial charge is 0.358 e. The van der Waals surface area contributed by atoms with Crippen molar-refractivity contribution < 1.29 is 18.7 Å². The molecule has 0 atom stereocenters. The maximum atomic E-state index is 3.15. The van der Waals surface area contributed by atoms with Gasteiger partial charge in [-0.2, -0.15) is 0 Å². The topological polar surface area (TPSA) is 0 Å². The van der Waals surface area contributed by atoms with E-state index in [9.17, 15) is 0 Å². The van der Waals surface area contributed by atoms with Crippen LogP contribution in [0.5, 0.6) is 0 Å². The first-order valence-electron chi connectivity index (χ1n) is 4.13. The van der Waals surface area contributed by atoms with Crippen LogP contribution < -0.4 is 0 Å². The normalized spacial score (nSPS) is 11.5. The number of hydrogen-bond donors (Lipinski definition) is 0. The third-order valence-corrected chi connectivity index (χ3v) is 1.71. The third kappa shape index (κ3) is 4.28. The van der Waals surface area contributed by atoms with E-state index in [0.29, 0.717) is 0 Å². The second-order valence-corrected chi connectivity index (χ2v) is 2.55. The summed E-state index contributed by atoms with van der Waals surface area (Å²) in [6.45, 7) is 0. The zero-order chi connectivity index (χ0) is 10.2. The van der Waals surface area contributed by atoms with Gasteiger partial charge in [-0.25, -0.2) is 0 Å². The van der Waals surface area contributed by atoms with Crippen LogP contribution in [0.2, 0.25) is 0 Å². The molecule has 1 aromatic carbocycles. The van der Waals surface area contributed by atoms with E-state index in [1.54, 1.807) is 0 Å². The quantitative estimate of drug-likeness (QED) is 0.550. The molecular formula is C14H13Pd-. The van der Waals surface area contributed by atoms with Gasteiger partial charge in [0.2, 0.25) is 0 Å². The Balaban J connectivity index is 0.000000617. The van der Waals surface area contributed by atoms with E-state index in [1.807, 2.05) is 48.6 Å². The molecule has 1 aromatic rings. The predicted octanol–water partition coefficient (Wildman–Crippen LogP) is 3.21. The number of allylic oxidation sites excluding steroid dienone is 6. The van der Waals surface area contributed by atoms with E-state index in [0.717, 1.165) is 11.1 Å². The summed E-state index contributed by atoms with van der Waals surface area (Å²) in [5.41, 5.74) is 2.19. The Morgan fingerprint density at radius 2 is 2.00 bits per heavy atom. The summed E-state index contributed by atoms with van der Waals surface area (Å²) in [6, 6.07) is 11.1. The van der Waals surface area contributed by atoms with Crippen LogP contribution in [-0.4, -0.2) is 4.99 Å². The maximum Gasteiger partial charge on any atom is -0.358 e. The summed E-state index contributed by atoms with van der Waals surface area (Å²) in [4.78, 5) is 3.10. The van der Waals surface area contributed by atoms with E-state index in [-0.39, 0.29) is 7.43 Å². The molecule has 0 aromatic heterocycles. The van der Waals surface area contributed by atoms with Gasteiger partial charge < -0.3 is 7.43 Å². The van der Waals surface area contributed by atoms with Gasteiger partial charge >= 0.3 is 23.7 Å². The summed E-state index contributed by atoms with van der Waals surface area (Å²) in [7, 11) is 0. The van der Waals surface area contributed by atoms with Crippen molar-refractivity contribution in [2.45, 2.75) is 0 Å². The molecule has 0 unspecified atom stereocenters. The van der Waals surface area contributed by atoms with Crippen molar-refractivity contribution in [3.05, 3.63) is 73.7 Å². The minimum absolute atomic E-state index is 0. The monoisotopic (exact) mass is 287 g/mol. The van der Waals surface area contributed by atoms with Crippen molar-refractivity contribution in [1.82, 2.24) is 0 Å². The number of rotatable bonds is 1. The molecule has 0 saturated carbocycles. The average Bonchev–Trinajstić information content (AvgIpc) is 2.34. The Morgan fingerprint density at radius 3 is 2.53 bits per heavy atom. The molecule has 2 rings (SSSR count). The van der Waals surface area contributed by atoms with Crippen LogP contribution in [0.1, 0.15) is 5.56 Å². The predicted molar refractivity (Wildman–Crippen MR) is 63.7 cm³/mol. The molecule has 1 aliphatic rings. The van der Waals surface area contributed by atoms with Crippen LogP contribution in [0.4, 0.5) is 0 Å². The van der Waals surface area contributed by atoms with Gasteiger partial charge in [-0.15, -0.1) is 24.3 Å². The fraction of sp³-hybridized carbons (Fsp3) is 0. The molecule has 0 radical (unpaired) electrons. The molecule has 0 bridgehead atoms. The van der Waals surface area contributed by atoms with E-state index < -0.39 is 0 Å². The van der Waals surface area contributed by atoms with Crippen LogP contribution in [-0.2, 0) is 18.7 Å². The summed E-state index contributed by atoms with van der Waals surface area (Å²) in [5, 5.41) is 0. The Morgan fingerprint density at radius 1 is 1.20 bits per heavy atom. The van der Waals surface area contributed by atoms with Crippen LogP contribution in [0.15, 0.2) is 48.6 Å². The first-order chi connectivity index (χ1) is 6.97. The van der Waals surface area contributed by atoms with E-state index in [1.165, 1.54) is 0 Å². The van der Waals surface area contributed by atoms with Gasteiger partial charge in [-0.05, 0) is 12.2 Å². The van der Waals surface area contributed by atoms with Gasteiger partial charge in [-0.3, -0.25) is 0 Å². The van der Waals surface area contributed by atoms with Gasteiger partial charge in [0.1, 0.15) is 0 Å². The van der Waals surface area contributed by atoms with Crippen LogP contribution >= 0.6 is 0 Å². The zero-order valence-corrected chi connectivity index (χ0v) is 10.2. The van der Waals surface area contributed by atoms with E-state index in [2.05, 4.69) is 35.9 Å². The Labute approximate surface area is 103 Å². The first kappa shape index (κ1) is 13.9. The largest absolute Gasteiger partial charge is 0.358 e. The first-order valence-corrected chi connectivity index (χ1v) is 5.23. The van der Waals surface area contributed by atoms with Gasteiger partial charge in [0.15, 0.2) is 0 Å². The summed E-state index contributed by atoms with van der Waals surface area (Å²) >= 11 is 2.50. The van der Waals surface area contributed by atoms with Crippen molar-refractivity contribution in [1.29, 1.82) is 0 Å². The Kier molecular flexibility index (Phi) is 7.60. The van der Waals surface area contributed by atoms with Crippen LogP contribution in [0.25, 0.3) is 5.57 Å². The van der Waals surface area contributed by atoms with Crippen molar-refractivity contribution in [2.75, 3.05) is 0 Å². The molecule has 1 heteroatoms. The van der Waals surface area contributed by atoms with E-state index in [4.69, 9.17) is 0 Å². The molecule has 0 heterocycles. The molecular weight excluding hydrogens is 275 g/mol. The standard InChI is InChI=1S/C12H8.CH3.CH2.Pd/c1-3-7-11(8-4-1)12-9-5-2-6-10-12;;;/h1-7,9H;1H3;1H2;/q;-1;;. The molecule has 0 aliphatic heterocycles. The van der Waals surface area contributed by atoms with Crippen LogP contribution in [0, 0.1) is 19.6 Å². The van der Waals surface area contributed by atoms with Crippen molar-refractivity contribution in [2.24, 2.45) is 0 Å². The summed E-state index contributed by atoms with van der Waals surface area (Å²) < 4.78 is 0. The molecule has 0 spiro atoms. The molecule has 0 nitrogen and oxygen atoms in total. The number of benzene rings is 1. The van der Waals surface area contributed by atoms with Crippen LogP contribution in [0.3, 0.4) is 0 Å². The van der Waals surface area contributed by atoms with Crippen molar-refractivity contribution >= 4 is 10.6 Å². The van der Waals surface area contributed by atoms with Gasteiger partial charge in [0.25, 0.3) is 0 Å². The van der Waals surface area contributed by atoms with E-state index >= 15 is 0 Å². The van der Waals surface area contributed by atoms with Gasteiger partial charge in [-0.1, -0.05) is 11.6 Å². The second kappa shape index (κ2) is 8.21. The summed E-state index contributed by atoms with van der Waals surface area (Å²) in [6.07, 6.45) is 11.1. The Bertz CT molecular complexity index is 358. The zero-order valence-electron chi connectivity index (χ0n) is 8.64. The minimum atomic E-state index is 0. The fourth-order valence-corrected chi connectivity index (χ4v) is 1.12. The summed E-state index contributed by atoms with van der Waals surface area (Å²) in [5.74, 6) is 0. The SMILES string of the molecule is [C+]1=CC=CC=C1c1[c-]cccc1.[CH2]=[Pd].[CH3-]. The molecule has 0 fully saturated rings. The maximum absolute atomic E-state index is 3.15. The average molecular weight is 288 g/mol. The molecule has 1 aliphatic carbocycles. The second-order valence-electron chi connectivity index (χ2n) is 2.55. The number of hydrogen-bond acceptors (Lipinski definition) is 0. The minimum Gasteiger partial charge on any atom is -0.358 e. The Hall–Kier alpha value is -1.12. The van der Waals surface area contributed by atoms with Crippen molar-refractivity contribution in [3.8, 4) is 0 Å². The van der Waals surface area contributed by atoms with Gasteiger partial charge in [0.05, 0.1) is 11.6 Å². The van der Waals surface area contributed by atoms with Gasteiger partial charge in [0, 0.05) is 12.2 Å². The molecule has 0 N–H and O–H groups in total. The molecule has 15 heavy (non-hydrogen) atoms. The fourth-order valence-electron chi connectivity index (χ4n) is 1.12. The molecule has 0 saturated heterocycles. The third-order valence-electron chi connectivity index (χ3n) is 1.71. The van der Waals surface area contributed by atoms with Crippen molar-refractivity contribution in [3.63, 3.8) is 0 Å². The molecule has 80 valence electrons. The molecule has 0 amide bonds.